The zero-order valence-corrected chi connectivity index (χ0v) is 18.2. The van der Waals surface area contributed by atoms with E-state index < -0.39 is 0 Å². The van der Waals surface area contributed by atoms with Crippen molar-refractivity contribution in [2.24, 2.45) is 0 Å². The van der Waals surface area contributed by atoms with Crippen molar-refractivity contribution < 1.29 is 0 Å². The Balaban J connectivity index is 1.91. The maximum absolute atomic E-state index is 2.67. The third kappa shape index (κ3) is 6.70. The molecule has 0 amide bonds. The Morgan fingerprint density at radius 3 is 2.21 bits per heavy atom. The average Bonchev–Trinajstić information content (AvgIpc) is 2.76. The van der Waals surface area contributed by atoms with Gasteiger partial charge in [-0.1, -0.05) is 115 Å². The maximum Gasteiger partial charge on any atom is -0.00881 e. The van der Waals surface area contributed by atoms with Crippen molar-refractivity contribution in [2.45, 2.75) is 26.2 Å². The molecule has 146 valence electrons. The van der Waals surface area contributed by atoms with Crippen LogP contribution in [0.15, 0.2) is 115 Å². The monoisotopic (exact) mass is 396 g/mol. The van der Waals surface area contributed by atoms with Gasteiger partial charge in [0, 0.05) is 0 Å². The summed E-state index contributed by atoms with van der Waals surface area (Å²) in [5.41, 5.74) is 8.01. The molecule has 3 aromatic rings. The van der Waals surface area contributed by atoms with Crippen LogP contribution >= 0.6 is 9.24 Å². The van der Waals surface area contributed by atoms with E-state index in [2.05, 4.69) is 119 Å². The van der Waals surface area contributed by atoms with Crippen molar-refractivity contribution in [1.82, 2.24) is 0 Å². The fourth-order valence-electron chi connectivity index (χ4n) is 3.51. The largest absolute Gasteiger partial charge is 0.114 e. The number of aryl methyl sites for hydroxylation is 2. The summed E-state index contributed by atoms with van der Waals surface area (Å²) in [4.78, 5) is 0. The van der Waals surface area contributed by atoms with Gasteiger partial charge in [-0.25, -0.2) is 0 Å². The SMILES string of the molecule is Cc1cccc(CCC(=C\C=C/P)/C(=C\Cc2ccccc2)c2ccccc2)c1. The van der Waals surface area contributed by atoms with E-state index in [-0.39, 0.29) is 0 Å². The predicted molar refractivity (Wildman–Crippen MR) is 131 cm³/mol. The van der Waals surface area contributed by atoms with Crippen LogP contribution in [-0.4, -0.2) is 0 Å². The van der Waals surface area contributed by atoms with Crippen molar-refractivity contribution in [3.8, 4) is 0 Å². The first-order valence-electron chi connectivity index (χ1n) is 10.2. The van der Waals surface area contributed by atoms with Crippen LogP contribution in [0.3, 0.4) is 0 Å². The highest BCUT2D eigenvalue weighted by atomic mass is 31.0. The van der Waals surface area contributed by atoms with Gasteiger partial charge < -0.3 is 0 Å². The van der Waals surface area contributed by atoms with Gasteiger partial charge in [0.15, 0.2) is 0 Å². The molecule has 0 spiro atoms. The quantitative estimate of drug-likeness (QED) is 0.272. The number of allylic oxidation sites excluding steroid dienone is 5. The first-order valence-corrected chi connectivity index (χ1v) is 10.9. The van der Waals surface area contributed by atoms with Crippen LogP contribution in [0.5, 0.6) is 0 Å². The first-order chi connectivity index (χ1) is 14.3. The van der Waals surface area contributed by atoms with E-state index in [1.165, 1.54) is 33.4 Å². The summed E-state index contributed by atoms with van der Waals surface area (Å²) in [5, 5.41) is 0. The summed E-state index contributed by atoms with van der Waals surface area (Å²) >= 11 is 0. The van der Waals surface area contributed by atoms with Crippen molar-refractivity contribution in [2.75, 3.05) is 0 Å². The van der Waals surface area contributed by atoms with Gasteiger partial charge in [-0.15, -0.1) is 9.24 Å². The minimum Gasteiger partial charge on any atom is -0.114 e. The highest BCUT2D eigenvalue weighted by molar-refractivity contribution is 7.20. The molecule has 1 unspecified atom stereocenters. The summed E-state index contributed by atoms with van der Waals surface area (Å²) in [5.74, 6) is 2.02. The lowest BCUT2D eigenvalue weighted by Crippen LogP contribution is -1.96. The minimum atomic E-state index is 0.928. The second-order valence-corrected chi connectivity index (χ2v) is 7.62. The Morgan fingerprint density at radius 2 is 1.52 bits per heavy atom. The van der Waals surface area contributed by atoms with Gasteiger partial charge in [-0.2, -0.15) is 0 Å². The van der Waals surface area contributed by atoms with E-state index in [1.54, 1.807) is 0 Å². The third-order valence-corrected chi connectivity index (χ3v) is 5.21. The molecule has 0 nitrogen and oxygen atoms in total. The smallest absolute Gasteiger partial charge is 0.00881 e. The number of rotatable bonds is 8. The Morgan fingerprint density at radius 1 is 0.828 bits per heavy atom. The lowest BCUT2D eigenvalue weighted by atomic mass is 9.91. The van der Waals surface area contributed by atoms with Crippen molar-refractivity contribution >= 4 is 14.8 Å². The molecule has 0 aliphatic rings. The summed E-state index contributed by atoms with van der Waals surface area (Å²) in [6.45, 7) is 2.16. The lowest BCUT2D eigenvalue weighted by molar-refractivity contribution is 0.966. The molecule has 0 saturated carbocycles. The van der Waals surface area contributed by atoms with Crippen LogP contribution in [0.1, 0.15) is 28.7 Å². The minimum absolute atomic E-state index is 0.928. The van der Waals surface area contributed by atoms with Gasteiger partial charge in [0.2, 0.25) is 0 Å². The number of hydrogen-bond donors (Lipinski definition) is 0. The number of hydrogen-bond acceptors (Lipinski definition) is 0. The third-order valence-electron chi connectivity index (χ3n) is 4.99. The highest BCUT2D eigenvalue weighted by Gasteiger charge is 2.08. The molecule has 0 fully saturated rings. The molecule has 1 atom stereocenters. The standard InChI is InChI=1S/C28H29P/c1-23-10-8-13-25(22-23)17-19-27(16-9-21-29)28(26-14-6-3-7-15-26)20-18-24-11-4-2-5-12-24/h2-16,20-22H,17-19,29H2,1H3/b21-9-,27-16+,28-20-. The summed E-state index contributed by atoms with van der Waals surface area (Å²) < 4.78 is 0. The second-order valence-electron chi connectivity index (χ2n) is 7.24. The average molecular weight is 397 g/mol. The van der Waals surface area contributed by atoms with Crippen molar-refractivity contribution in [3.63, 3.8) is 0 Å². The molecule has 1 heteroatoms. The van der Waals surface area contributed by atoms with E-state index in [9.17, 15) is 0 Å². The zero-order valence-electron chi connectivity index (χ0n) is 17.1. The molecule has 29 heavy (non-hydrogen) atoms. The Kier molecular flexibility index (Phi) is 8.23. The molecule has 0 radical (unpaired) electrons. The van der Waals surface area contributed by atoms with E-state index >= 15 is 0 Å². The van der Waals surface area contributed by atoms with E-state index in [0.717, 1.165) is 19.3 Å². The maximum atomic E-state index is 2.67. The van der Waals surface area contributed by atoms with Gasteiger partial charge in [0.1, 0.15) is 0 Å². The first kappa shape index (κ1) is 21.0. The Labute approximate surface area is 177 Å². The van der Waals surface area contributed by atoms with Crippen LogP contribution in [0, 0.1) is 6.92 Å². The van der Waals surface area contributed by atoms with Crippen LogP contribution in [0.25, 0.3) is 5.57 Å². The molecule has 0 N–H and O–H groups in total. The molecular formula is C28H29P. The van der Waals surface area contributed by atoms with Crippen LogP contribution < -0.4 is 0 Å². The van der Waals surface area contributed by atoms with Gasteiger partial charge >= 0.3 is 0 Å². The van der Waals surface area contributed by atoms with E-state index in [0.29, 0.717) is 0 Å². The molecule has 0 aliphatic carbocycles. The number of benzene rings is 3. The fourth-order valence-corrected chi connectivity index (χ4v) is 3.62. The molecule has 3 aromatic carbocycles. The topological polar surface area (TPSA) is 0 Å². The van der Waals surface area contributed by atoms with Gasteiger partial charge in [-0.05, 0) is 54.0 Å². The molecule has 0 aromatic heterocycles. The molecular weight excluding hydrogens is 367 g/mol. The molecule has 0 heterocycles. The zero-order chi connectivity index (χ0) is 20.3. The predicted octanol–water partition coefficient (Wildman–Crippen LogP) is 7.57. The fraction of sp³-hybridized carbons (Fsp3) is 0.143. The normalized spacial score (nSPS) is 12.5. The van der Waals surface area contributed by atoms with Crippen LogP contribution in [0.2, 0.25) is 0 Å². The summed E-state index contributed by atoms with van der Waals surface area (Å²) in [6.07, 6.45) is 9.73. The summed E-state index contributed by atoms with van der Waals surface area (Å²) in [6, 6.07) is 30.2. The second kappa shape index (κ2) is 11.3. The van der Waals surface area contributed by atoms with E-state index in [1.807, 2.05) is 5.82 Å². The van der Waals surface area contributed by atoms with E-state index in [4.69, 9.17) is 0 Å². The van der Waals surface area contributed by atoms with Gasteiger partial charge in [-0.3, -0.25) is 0 Å². The van der Waals surface area contributed by atoms with Crippen LogP contribution in [-0.2, 0) is 12.8 Å². The Hall–Kier alpha value is -2.69. The van der Waals surface area contributed by atoms with Gasteiger partial charge in [0.05, 0.1) is 0 Å². The highest BCUT2D eigenvalue weighted by Crippen LogP contribution is 2.28. The van der Waals surface area contributed by atoms with Gasteiger partial charge in [0.25, 0.3) is 0 Å². The lowest BCUT2D eigenvalue weighted by Gasteiger charge is -2.14. The molecule has 3 rings (SSSR count). The molecule has 0 aliphatic heterocycles. The molecule has 0 saturated heterocycles. The molecule has 0 bridgehead atoms. The Bertz CT molecular complexity index is 979. The summed E-state index contributed by atoms with van der Waals surface area (Å²) in [7, 11) is 2.67. The van der Waals surface area contributed by atoms with Crippen molar-refractivity contribution in [3.05, 3.63) is 137 Å². The van der Waals surface area contributed by atoms with Crippen molar-refractivity contribution in [1.29, 1.82) is 0 Å². The van der Waals surface area contributed by atoms with Crippen LogP contribution in [0.4, 0.5) is 0 Å².